The van der Waals surface area contributed by atoms with Crippen LogP contribution in [0.5, 0.6) is 0 Å². The number of rotatable bonds is 4. The monoisotopic (exact) mass is 282 g/mol. The summed E-state index contributed by atoms with van der Waals surface area (Å²) >= 11 is 3.37. The number of nitrogens with zero attached hydrogens (tertiary/aromatic N) is 1. The van der Waals surface area contributed by atoms with Gasteiger partial charge in [-0.05, 0) is 23.6 Å². The number of halogens is 1. The van der Waals surface area contributed by atoms with E-state index in [4.69, 9.17) is 0 Å². The zero-order valence-electron chi connectivity index (χ0n) is 9.40. The van der Waals surface area contributed by atoms with Crippen molar-refractivity contribution in [1.29, 1.82) is 0 Å². The first-order valence-electron chi connectivity index (χ1n) is 5.15. The van der Waals surface area contributed by atoms with E-state index in [1.807, 2.05) is 38.1 Å². The predicted octanol–water partition coefficient (Wildman–Crippen LogP) is 2.95. The summed E-state index contributed by atoms with van der Waals surface area (Å²) in [6.07, 6.45) is 2.12. The van der Waals surface area contributed by atoms with Crippen molar-refractivity contribution in [3.8, 4) is 0 Å². The molecule has 0 saturated heterocycles. The quantitative estimate of drug-likeness (QED) is 0.670. The fraction of sp³-hybridized carbons (Fsp3) is 0.333. The molecule has 1 rings (SSSR count). The number of carbonyl (C=O) groups is 1. The third kappa shape index (κ3) is 5.07. The lowest BCUT2D eigenvalue weighted by Gasteiger charge is -2.01. The summed E-state index contributed by atoms with van der Waals surface area (Å²) in [5, 5.41) is 3.89. The van der Waals surface area contributed by atoms with Crippen LogP contribution in [-0.4, -0.2) is 12.1 Å². The van der Waals surface area contributed by atoms with Crippen molar-refractivity contribution in [2.75, 3.05) is 0 Å². The van der Waals surface area contributed by atoms with Crippen molar-refractivity contribution >= 4 is 28.1 Å². The number of amides is 1. The molecule has 0 aliphatic rings. The second kappa shape index (κ2) is 6.43. The molecule has 1 N–H and O–H groups in total. The molecule has 0 heterocycles. The molecule has 0 unspecified atom stereocenters. The average molecular weight is 283 g/mol. The summed E-state index contributed by atoms with van der Waals surface area (Å²) in [6, 6.07) is 7.71. The molecule has 0 fully saturated rings. The first kappa shape index (κ1) is 12.9. The van der Waals surface area contributed by atoms with Gasteiger partial charge in [0.05, 0.1) is 6.21 Å². The van der Waals surface area contributed by atoms with E-state index in [1.54, 1.807) is 6.21 Å². The van der Waals surface area contributed by atoms with Gasteiger partial charge < -0.3 is 0 Å². The first-order chi connectivity index (χ1) is 7.58. The number of hydrazone groups is 1. The molecule has 1 aromatic rings. The molecule has 0 spiro atoms. The highest BCUT2D eigenvalue weighted by molar-refractivity contribution is 9.10. The van der Waals surface area contributed by atoms with E-state index in [9.17, 15) is 4.79 Å². The molecule has 86 valence electrons. The summed E-state index contributed by atoms with van der Waals surface area (Å²) in [4.78, 5) is 11.3. The predicted molar refractivity (Wildman–Crippen MR) is 69.3 cm³/mol. The molecule has 0 aliphatic heterocycles. The van der Waals surface area contributed by atoms with Crippen LogP contribution in [0.4, 0.5) is 0 Å². The second-order valence-corrected chi connectivity index (χ2v) is 4.86. The second-order valence-electron chi connectivity index (χ2n) is 3.95. The molecule has 0 radical (unpaired) electrons. The van der Waals surface area contributed by atoms with Crippen molar-refractivity contribution in [2.45, 2.75) is 20.3 Å². The van der Waals surface area contributed by atoms with E-state index in [0.29, 0.717) is 12.3 Å². The highest BCUT2D eigenvalue weighted by Gasteiger charge is 2.02. The molecule has 0 aromatic heterocycles. The molecular weight excluding hydrogens is 268 g/mol. The van der Waals surface area contributed by atoms with Gasteiger partial charge in [-0.25, -0.2) is 5.43 Å². The SMILES string of the molecule is CC(C)CC(=O)NN=Cc1cccc(Br)c1. The molecule has 0 bridgehead atoms. The molecule has 0 atom stereocenters. The Morgan fingerprint density at radius 3 is 2.94 bits per heavy atom. The fourth-order valence-corrected chi connectivity index (χ4v) is 1.60. The van der Waals surface area contributed by atoms with E-state index < -0.39 is 0 Å². The van der Waals surface area contributed by atoms with Crippen LogP contribution in [0.25, 0.3) is 0 Å². The average Bonchev–Trinajstić information content (AvgIpc) is 2.16. The largest absolute Gasteiger partial charge is 0.273 e. The number of carbonyl (C=O) groups excluding carboxylic acids is 1. The molecule has 3 nitrogen and oxygen atoms in total. The minimum atomic E-state index is -0.0544. The smallest absolute Gasteiger partial charge is 0.240 e. The van der Waals surface area contributed by atoms with Crippen molar-refractivity contribution < 1.29 is 4.79 Å². The summed E-state index contributed by atoms with van der Waals surface area (Å²) in [7, 11) is 0. The van der Waals surface area contributed by atoms with Gasteiger partial charge in [0.25, 0.3) is 0 Å². The van der Waals surface area contributed by atoms with Gasteiger partial charge in [-0.1, -0.05) is 41.9 Å². The van der Waals surface area contributed by atoms with Gasteiger partial charge in [-0.3, -0.25) is 4.79 Å². The Labute approximate surface area is 104 Å². The fourth-order valence-electron chi connectivity index (χ4n) is 1.18. The number of hydrogen-bond acceptors (Lipinski definition) is 2. The Morgan fingerprint density at radius 2 is 2.31 bits per heavy atom. The zero-order chi connectivity index (χ0) is 12.0. The maximum Gasteiger partial charge on any atom is 0.240 e. The molecular formula is C12H15BrN2O. The van der Waals surface area contributed by atoms with Crippen LogP contribution in [0, 0.1) is 5.92 Å². The summed E-state index contributed by atoms with van der Waals surface area (Å²) in [5.74, 6) is 0.294. The van der Waals surface area contributed by atoms with Gasteiger partial charge in [0.15, 0.2) is 0 Å². The van der Waals surface area contributed by atoms with Gasteiger partial charge in [0.2, 0.25) is 5.91 Å². The van der Waals surface area contributed by atoms with Crippen LogP contribution in [0.1, 0.15) is 25.8 Å². The molecule has 16 heavy (non-hydrogen) atoms. The Balaban J connectivity index is 2.46. The highest BCUT2D eigenvalue weighted by atomic mass is 79.9. The minimum absolute atomic E-state index is 0.0544. The zero-order valence-corrected chi connectivity index (χ0v) is 11.0. The third-order valence-electron chi connectivity index (χ3n) is 1.85. The summed E-state index contributed by atoms with van der Waals surface area (Å²) < 4.78 is 0.991. The van der Waals surface area contributed by atoms with Gasteiger partial charge >= 0.3 is 0 Å². The van der Waals surface area contributed by atoms with E-state index in [2.05, 4.69) is 26.5 Å². The van der Waals surface area contributed by atoms with Crippen LogP contribution < -0.4 is 5.43 Å². The van der Waals surface area contributed by atoms with Gasteiger partial charge in [-0.2, -0.15) is 5.10 Å². The van der Waals surface area contributed by atoms with Crippen LogP contribution in [0.2, 0.25) is 0 Å². The molecule has 0 saturated carbocycles. The van der Waals surface area contributed by atoms with E-state index in [1.165, 1.54) is 0 Å². The number of nitrogens with one attached hydrogen (secondary N) is 1. The highest BCUT2D eigenvalue weighted by Crippen LogP contribution is 2.09. The maximum atomic E-state index is 11.3. The van der Waals surface area contributed by atoms with Gasteiger partial charge in [-0.15, -0.1) is 0 Å². The van der Waals surface area contributed by atoms with Crippen molar-refractivity contribution in [2.24, 2.45) is 11.0 Å². The van der Waals surface area contributed by atoms with E-state index in [0.717, 1.165) is 10.0 Å². The lowest BCUT2D eigenvalue weighted by molar-refractivity contribution is -0.121. The van der Waals surface area contributed by atoms with Crippen molar-refractivity contribution in [3.63, 3.8) is 0 Å². The topological polar surface area (TPSA) is 41.5 Å². The summed E-state index contributed by atoms with van der Waals surface area (Å²) in [5.41, 5.74) is 3.44. The Kier molecular flexibility index (Phi) is 5.19. The maximum absolute atomic E-state index is 11.3. The van der Waals surface area contributed by atoms with Gasteiger partial charge in [0, 0.05) is 10.9 Å². The minimum Gasteiger partial charge on any atom is -0.273 e. The number of hydrogen-bond donors (Lipinski definition) is 1. The van der Waals surface area contributed by atoms with E-state index in [-0.39, 0.29) is 5.91 Å². The van der Waals surface area contributed by atoms with Crippen LogP contribution in [-0.2, 0) is 4.79 Å². The molecule has 0 aliphatic carbocycles. The third-order valence-corrected chi connectivity index (χ3v) is 2.34. The number of benzene rings is 1. The molecule has 1 amide bonds. The molecule has 1 aromatic carbocycles. The Morgan fingerprint density at radius 1 is 1.56 bits per heavy atom. The van der Waals surface area contributed by atoms with Crippen molar-refractivity contribution in [3.05, 3.63) is 34.3 Å². The van der Waals surface area contributed by atoms with Gasteiger partial charge in [0.1, 0.15) is 0 Å². The standard InChI is InChI=1S/C12H15BrN2O/c1-9(2)6-12(16)15-14-8-10-4-3-5-11(13)7-10/h3-5,7-9H,6H2,1-2H3,(H,15,16). The Bertz CT molecular complexity index is 388. The van der Waals surface area contributed by atoms with Crippen molar-refractivity contribution in [1.82, 2.24) is 5.43 Å². The first-order valence-corrected chi connectivity index (χ1v) is 5.94. The Hall–Kier alpha value is -1.16. The van der Waals surface area contributed by atoms with E-state index >= 15 is 0 Å². The lowest BCUT2D eigenvalue weighted by atomic mass is 10.1. The van der Waals surface area contributed by atoms with Crippen LogP contribution >= 0.6 is 15.9 Å². The summed E-state index contributed by atoms with van der Waals surface area (Å²) in [6.45, 7) is 4.00. The lowest BCUT2D eigenvalue weighted by Crippen LogP contribution is -2.19. The normalized spacial score (nSPS) is 11.0. The van der Waals surface area contributed by atoms with Crippen LogP contribution in [0.15, 0.2) is 33.8 Å². The van der Waals surface area contributed by atoms with Crippen LogP contribution in [0.3, 0.4) is 0 Å². The molecule has 4 heteroatoms.